The third-order valence-corrected chi connectivity index (χ3v) is 5.69. The molecule has 2 atom stereocenters. The lowest BCUT2D eigenvalue weighted by molar-refractivity contribution is -0.123. The van der Waals surface area contributed by atoms with Crippen LogP contribution in [0, 0.1) is 17.4 Å². The average molecular weight is 459 g/mol. The van der Waals surface area contributed by atoms with Crippen LogP contribution in [0.3, 0.4) is 0 Å². The van der Waals surface area contributed by atoms with Crippen molar-refractivity contribution in [3.63, 3.8) is 0 Å². The third kappa shape index (κ3) is 12.6. The molecule has 0 aliphatic heterocycles. The van der Waals surface area contributed by atoms with Crippen LogP contribution in [0.15, 0.2) is 24.3 Å². The fourth-order valence-corrected chi connectivity index (χ4v) is 3.41. The van der Waals surface area contributed by atoms with Gasteiger partial charge < -0.3 is 15.4 Å². The lowest BCUT2D eigenvalue weighted by Gasteiger charge is -2.24. The molecule has 6 heteroatoms. The maximum Gasteiger partial charge on any atom is 0.408 e. The standard InChI is InChI=1S/C26H42N2O3Si/c1-9-20(2)19-23(28-25(30)31-26(3,4)5)24(29)27-17-10-11-21-12-14-22(15-13-21)16-18-32(6,7)8/h12-15,20,23H,9-11,17,19H2,1-8H3,(H,27,29)(H,28,30). The summed E-state index contributed by atoms with van der Waals surface area (Å²) in [6.45, 7) is 16.8. The normalized spacial score (nSPS) is 13.4. The van der Waals surface area contributed by atoms with Gasteiger partial charge in [-0.25, -0.2) is 4.79 Å². The zero-order chi connectivity index (χ0) is 24.4. The summed E-state index contributed by atoms with van der Waals surface area (Å²) in [7, 11) is -1.37. The van der Waals surface area contributed by atoms with Gasteiger partial charge in [0.1, 0.15) is 19.7 Å². The van der Waals surface area contributed by atoms with E-state index in [1.54, 1.807) is 0 Å². The molecule has 0 bridgehead atoms. The molecule has 1 rings (SSSR count). The Labute approximate surface area is 196 Å². The molecule has 0 heterocycles. The van der Waals surface area contributed by atoms with Crippen LogP contribution in [0.5, 0.6) is 0 Å². The Morgan fingerprint density at radius 1 is 1.12 bits per heavy atom. The van der Waals surface area contributed by atoms with Crippen molar-refractivity contribution < 1.29 is 14.3 Å². The van der Waals surface area contributed by atoms with Gasteiger partial charge in [0.15, 0.2) is 0 Å². The fraction of sp³-hybridized carbons (Fsp3) is 0.615. The number of alkyl carbamates (subject to hydrolysis) is 1. The Morgan fingerprint density at radius 3 is 2.28 bits per heavy atom. The number of carbonyl (C=O) groups is 2. The number of rotatable bonds is 9. The second-order valence-electron chi connectivity index (χ2n) is 10.5. The summed E-state index contributed by atoms with van der Waals surface area (Å²) in [5.74, 6) is 3.43. The molecule has 5 nitrogen and oxygen atoms in total. The Bertz CT molecular complexity index is 796. The van der Waals surface area contributed by atoms with Crippen molar-refractivity contribution in [3.8, 4) is 11.5 Å². The fourth-order valence-electron chi connectivity index (χ4n) is 2.89. The highest BCUT2D eigenvalue weighted by atomic mass is 28.3. The molecule has 0 aliphatic carbocycles. The van der Waals surface area contributed by atoms with Crippen molar-refractivity contribution in [2.24, 2.45) is 5.92 Å². The summed E-state index contributed by atoms with van der Waals surface area (Å²) in [6.07, 6.45) is 2.67. The molecule has 0 radical (unpaired) electrons. The van der Waals surface area contributed by atoms with E-state index < -0.39 is 25.8 Å². The molecule has 1 aromatic carbocycles. The summed E-state index contributed by atoms with van der Waals surface area (Å²) >= 11 is 0. The van der Waals surface area contributed by atoms with Gasteiger partial charge in [-0.05, 0) is 63.6 Å². The van der Waals surface area contributed by atoms with Gasteiger partial charge in [0.25, 0.3) is 0 Å². The summed E-state index contributed by atoms with van der Waals surface area (Å²) in [5, 5.41) is 5.71. The zero-order valence-electron chi connectivity index (χ0n) is 21.2. The first-order chi connectivity index (χ1) is 14.8. The van der Waals surface area contributed by atoms with E-state index in [4.69, 9.17) is 4.74 Å². The van der Waals surface area contributed by atoms with Gasteiger partial charge in [-0.15, -0.1) is 5.54 Å². The van der Waals surface area contributed by atoms with Crippen molar-refractivity contribution in [2.45, 2.75) is 91.6 Å². The average Bonchev–Trinajstić information content (AvgIpc) is 2.67. The number of carbonyl (C=O) groups excluding carboxylic acids is 2. The molecular formula is C26H42N2O3Si. The quantitative estimate of drug-likeness (QED) is 0.300. The summed E-state index contributed by atoms with van der Waals surface area (Å²) in [5.41, 5.74) is 5.05. The van der Waals surface area contributed by atoms with Gasteiger partial charge in [0.05, 0.1) is 0 Å². The van der Waals surface area contributed by atoms with Crippen molar-refractivity contribution in [3.05, 3.63) is 35.4 Å². The lowest BCUT2D eigenvalue weighted by Crippen LogP contribution is -2.49. The smallest absolute Gasteiger partial charge is 0.408 e. The highest BCUT2D eigenvalue weighted by Crippen LogP contribution is 2.12. The monoisotopic (exact) mass is 458 g/mol. The van der Waals surface area contributed by atoms with Crippen LogP contribution in [0.2, 0.25) is 19.6 Å². The number of benzene rings is 1. The van der Waals surface area contributed by atoms with Gasteiger partial charge in [0, 0.05) is 12.1 Å². The van der Waals surface area contributed by atoms with Crippen LogP contribution in [0.1, 0.15) is 65.0 Å². The summed E-state index contributed by atoms with van der Waals surface area (Å²) < 4.78 is 5.33. The molecule has 1 aromatic rings. The van der Waals surface area contributed by atoms with E-state index >= 15 is 0 Å². The second-order valence-corrected chi connectivity index (χ2v) is 15.3. The number of hydrogen-bond donors (Lipinski definition) is 2. The Balaban J connectivity index is 2.55. The molecule has 32 heavy (non-hydrogen) atoms. The summed E-state index contributed by atoms with van der Waals surface area (Å²) in [4.78, 5) is 24.9. The maximum absolute atomic E-state index is 12.7. The van der Waals surface area contributed by atoms with Gasteiger partial charge in [-0.1, -0.05) is 58.0 Å². The van der Waals surface area contributed by atoms with Gasteiger partial charge in [-0.2, -0.15) is 0 Å². The van der Waals surface area contributed by atoms with Crippen molar-refractivity contribution in [1.29, 1.82) is 0 Å². The maximum atomic E-state index is 12.7. The molecule has 2 amide bonds. The Morgan fingerprint density at radius 2 is 1.75 bits per heavy atom. The van der Waals surface area contributed by atoms with E-state index in [0.29, 0.717) is 18.9 Å². The molecule has 178 valence electrons. The van der Waals surface area contributed by atoms with Crippen molar-refractivity contribution in [1.82, 2.24) is 10.6 Å². The van der Waals surface area contributed by atoms with Gasteiger partial charge in [-0.3, -0.25) is 4.79 Å². The lowest BCUT2D eigenvalue weighted by atomic mass is 9.99. The van der Waals surface area contributed by atoms with E-state index in [1.807, 2.05) is 20.8 Å². The molecular weight excluding hydrogens is 416 g/mol. The molecule has 0 fully saturated rings. The minimum Gasteiger partial charge on any atom is -0.444 e. The molecule has 0 saturated heterocycles. The summed E-state index contributed by atoms with van der Waals surface area (Å²) in [6, 6.07) is 7.74. The molecule has 2 N–H and O–H groups in total. The highest BCUT2D eigenvalue weighted by molar-refractivity contribution is 6.83. The Hall–Kier alpha value is -2.26. The van der Waals surface area contributed by atoms with E-state index in [1.165, 1.54) is 5.56 Å². The highest BCUT2D eigenvalue weighted by Gasteiger charge is 2.25. The number of hydrogen-bond acceptors (Lipinski definition) is 3. The molecule has 2 unspecified atom stereocenters. The van der Waals surface area contributed by atoms with Crippen LogP contribution >= 0.6 is 0 Å². The zero-order valence-corrected chi connectivity index (χ0v) is 22.2. The van der Waals surface area contributed by atoms with Crippen LogP contribution in [-0.2, 0) is 16.0 Å². The third-order valence-electron chi connectivity index (χ3n) is 4.82. The molecule has 0 aromatic heterocycles. The number of nitrogens with one attached hydrogen (secondary N) is 2. The predicted molar refractivity (Wildman–Crippen MR) is 135 cm³/mol. The minimum atomic E-state index is -1.37. The van der Waals surface area contributed by atoms with Crippen molar-refractivity contribution >= 4 is 20.1 Å². The van der Waals surface area contributed by atoms with Crippen LogP contribution in [-0.4, -0.2) is 38.3 Å². The van der Waals surface area contributed by atoms with Crippen LogP contribution in [0.25, 0.3) is 0 Å². The first kappa shape index (κ1) is 27.8. The van der Waals surface area contributed by atoms with E-state index in [-0.39, 0.29) is 5.91 Å². The van der Waals surface area contributed by atoms with E-state index in [0.717, 1.165) is 24.8 Å². The number of aryl methyl sites for hydroxylation is 1. The van der Waals surface area contributed by atoms with Crippen LogP contribution in [0.4, 0.5) is 4.79 Å². The van der Waals surface area contributed by atoms with E-state index in [9.17, 15) is 9.59 Å². The Kier molecular flexibility index (Phi) is 11.0. The van der Waals surface area contributed by atoms with E-state index in [2.05, 4.69) is 79.9 Å². The largest absolute Gasteiger partial charge is 0.444 e. The van der Waals surface area contributed by atoms with Crippen LogP contribution < -0.4 is 10.6 Å². The molecule has 0 aliphatic rings. The minimum absolute atomic E-state index is 0.159. The molecule has 0 spiro atoms. The van der Waals surface area contributed by atoms with Gasteiger partial charge in [0.2, 0.25) is 5.91 Å². The number of ether oxygens (including phenoxy) is 1. The van der Waals surface area contributed by atoms with Gasteiger partial charge >= 0.3 is 6.09 Å². The first-order valence-electron chi connectivity index (χ1n) is 11.7. The number of amides is 2. The topological polar surface area (TPSA) is 67.4 Å². The van der Waals surface area contributed by atoms with Crippen molar-refractivity contribution in [2.75, 3.05) is 6.54 Å². The first-order valence-corrected chi connectivity index (χ1v) is 15.2. The SMILES string of the molecule is CCC(C)CC(NC(=O)OC(C)(C)C)C(=O)NCCCc1ccc(C#C[Si](C)(C)C)cc1. The molecule has 0 saturated carbocycles. The second kappa shape index (κ2) is 12.7. The predicted octanol–water partition coefficient (Wildman–Crippen LogP) is 5.29.